The zero-order chi connectivity index (χ0) is 10.2. The van der Waals surface area contributed by atoms with Gasteiger partial charge in [-0.15, -0.1) is 6.42 Å². The highest BCUT2D eigenvalue weighted by molar-refractivity contribution is 5.40. The first-order valence-electron chi connectivity index (χ1n) is 3.15. The van der Waals surface area contributed by atoms with Gasteiger partial charge in [-0.1, -0.05) is 5.92 Å². The van der Waals surface area contributed by atoms with Crippen molar-refractivity contribution in [2.75, 3.05) is 0 Å². The molecule has 0 aliphatic carbocycles. The van der Waals surface area contributed by atoms with E-state index in [1.165, 1.54) is 5.92 Å². The molecule has 1 rings (SSSR count). The van der Waals surface area contributed by atoms with Crippen molar-refractivity contribution >= 4 is 0 Å². The summed E-state index contributed by atoms with van der Waals surface area (Å²) in [5.41, 5.74) is -2.02. The quantitative estimate of drug-likeness (QED) is 0.332. The van der Waals surface area contributed by atoms with Gasteiger partial charge in [-0.25, -0.2) is 17.6 Å². The Kier molecular flexibility index (Phi) is 2.28. The van der Waals surface area contributed by atoms with Gasteiger partial charge in [-0.2, -0.15) is 0 Å². The number of halogens is 4. The van der Waals surface area contributed by atoms with Crippen molar-refractivity contribution in [2.45, 2.75) is 0 Å². The molecule has 0 saturated carbocycles. The Balaban J connectivity index is 3.69. The molecule has 67 valence electrons. The molecule has 0 atom stereocenters. The Bertz CT molecular complexity index is 372. The van der Waals surface area contributed by atoms with E-state index in [4.69, 9.17) is 0 Å². The maximum Gasteiger partial charge on any atom is 0.177 e. The minimum atomic E-state index is -1.59. The van der Waals surface area contributed by atoms with Crippen LogP contribution in [0.3, 0.4) is 0 Å². The normalized spacial score (nSPS) is 9.85. The molecule has 0 bridgehead atoms. The minimum Gasteiger partial charge on any atom is -0.203 e. The summed E-state index contributed by atoms with van der Waals surface area (Å²) in [6, 6.07) is 0. The number of hydrogen-bond donors (Lipinski definition) is 0. The van der Waals surface area contributed by atoms with Crippen LogP contribution in [0.4, 0.5) is 17.6 Å². The van der Waals surface area contributed by atoms with Crippen LogP contribution in [0.15, 0.2) is 0 Å². The Morgan fingerprint density at radius 2 is 1.31 bits per heavy atom. The molecular formula is C9H3F4. The Morgan fingerprint density at radius 3 is 1.62 bits per heavy atom. The fourth-order valence-corrected chi connectivity index (χ4v) is 0.804. The Labute approximate surface area is 72.2 Å². The van der Waals surface area contributed by atoms with Crippen LogP contribution in [-0.2, 0) is 0 Å². The summed E-state index contributed by atoms with van der Waals surface area (Å²) in [5.74, 6) is -4.79. The van der Waals surface area contributed by atoms with Gasteiger partial charge in [0, 0.05) is 5.56 Å². The lowest BCUT2D eigenvalue weighted by molar-refractivity contribution is 0.445. The molecular weight excluding hydrogens is 184 g/mol. The van der Waals surface area contributed by atoms with Gasteiger partial charge in [0.2, 0.25) is 0 Å². The average Bonchev–Trinajstić information content (AvgIpc) is 2.13. The highest BCUT2D eigenvalue weighted by atomic mass is 19.2. The van der Waals surface area contributed by atoms with E-state index in [-0.39, 0.29) is 0 Å². The van der Waals surface area contributed by atoms with Crippen LogP contribution in [0, 0.1) is 42.5 Å². The number of hydrogen-bond acceptors (Lipinski definition) is 0. The Hall–Kier alpha value is -1.50. The second-order valence-corrected chi connectivity index (χ2v) is 2.25. The molecule has 0 aromatic heterocycles. The van der Waals surface area contributed by atoms with Crippen molar-refractivity contribution in [3.8, 4) is 12.3 Å². The summed E-state index contributed by atoms with van der Waals surface area (Å²) in [7, 11) is 0. The standard InChI is InChI=1S/C9H3F4/c1-3-5-8(12)6(10)4(2)7(11)9(5)13/h1H,2H2. The van der Waals surface area contributed by atoms with Gasteiger partial charge in [0.25, 0.3) is 0 Å². The van der Waals surface area contributed by atoms with Crippen LogP contribution in [0.5, 0.6) is 0 Å². The fourth-order valence-electron chi connectivity index (χ4n) is 0.804. The summed E-state index contributed by atoms with van der Waals surface area (Å²) < 4.78 is 50.8. The van der Waals surface area contributed by atoms with E-state index >= 15 is 0 Å². The summed E-state index contributed by atoms with van der Waals surface area (Å²) >= 11 is 0. The molecule has 0 aliphatic heterocycles. The van der Waals surface area contributed by atoms with Crippen molar-refractivity contribution < 1.29 is 17.6 Å². The van der Waals surface area contributed by atoms with Gasteiger partial charge in [-0.05, 0) is 6.92 Å². The summed E-state index contributed by atoms with van der Waals surface area (Å²) in [6.07, 6.45) is 4.66. The Morgan fingerprint density at radius 1 is 0.923 bits per heavy atom. The molecule has 0 nitrogen and oxygen atoms in total. The smallest absolute Gasteiger partial charge is 0.177 e. The van der Waals surface area contributed by atoms with Gasteiger partial charge in [-0.3, -0.25) is 0 Å². The first kappa shape index (κ1) is 9.59. The molecule has 1 radical (unpaired) electrons. The average molecular weight is 187 g/mol. The maximum atomic E-state index is 12.7. The first-order chi connectivity index (χ1) is 6.00. The van der Waals surface area contributed by atoms with E-state index in [1.54, 1.807) is 0 Å². The lowest BCUT2D eigenvalue weighted by Gasteiger charge is -2.03. The minimum absolute atomic E-state index is 0.964. The van der Waals surface area contributed by atoms with Gasteiger partial charge in [0.1, 0.15) is 5.56 Å². The van der Waals surface area contributed by atoms with E-state index in [2.05, 4.69) is 13.3 Å². The van der Waals surface area contributed by atoms with Crippen LogP contribution in [0.2, 0.25) is 0 Å². The third-order valence-corrected chi connectivity index (χ3v) is 1.50. The largest absolute Gasteiger partial charge is 0.203 e. The second kappa shape index (κ2) is 3.09. The topological polar surface area (TPSA) is 0 Å². The molecule has 1 aromatic carbocycles. The maximum absolute atomic E-state index is 12.7. The molecule has 0 N–H and O–H groups in total. The van der Waals surface area contributed by atoms with Crippen LogP contribution < -0.4 is 0 Å². The van der Waals surface area contributed by atoms with Crippen molar-refractivity contribution in [2.24, 2.45) is 0 Å². The second-order valence-electron chi connectivity index (χ2n) is 2.25. The van der Waals surface area contributed by atoms with Crippen LogP contribution in [0.25, 0.3) is 0 Å². The number of rotatable bonds is 0. The van der Waals surface area contributed by atoms with Crippen LogP contribution >= 0.6 is 0 Å². The molecule has 0 saturated heterocycles. The van der Waals surface area contributed by atoms with E-state index in [0.29, 0.717) is 0 Å². The molecule has 13 heavy (non-hydrogen) atoms. The van der Waals surface area contributed by atoms with Crippen molar-refractivity contribution in [3.05, 3.63) is 41.3 Å². The first-order valence-corrected chi connectivity index (χ1v) is 3.15. The number of benzene rings is 1. The SMILES string of the molecule is C#Cc1c(F)c(F)c([CH2])c(F)c1F. The monoisotopic (exact) mass is 187 g/mol. The molecule has 0 unspecified atom stereocenters. The van der Waals surface area contributed by atoms with Gasteiger partial charge in [0.15, 0.2) is 23.3 Å². The van der Waals surface area contributed by atoms with E-state index < -0.39 is 34.4 Å². The van der Waals surface area contributed by atoms with E-state index in [1.807, 2.05) is 0 Å². The molecule has 0 fully saturated rings. The van der Waals surface area contributed by atoms with Crippen molar-refractivity contribution in [1.82, 2.24) is 0 Å². The third kappa shape index (κ3) is 1.26. The molecule has 0 aliphatic rings. The highest BCUT2D eigenvalue weighted by Gasteiger charge is 2.21. The fraction of sp³-hybridized carbons (Fsp3) is 0. The lowest BCUT2D eigenvalue weighted by atomic mass is 10.1. The van der Waals surface area contributed by atoms with Gasteiger partial charge in [0.05, 0.1) is 0 Å². The predicted molar refractivity (Wildman–Crippen MR) is 38.7 cm³/mol. The summed E-state index contributed by atoms with van der Waals surface area (Å²) in [4.78, 5) is 0. The summed E-state index contributed by atoms with van der Waals surface area (Å²) in [6.45, 7) is 2.82. The third-order valence-electron chi connectivity index (χ3n) is 1.50. The van der Waals surface area contributed by atoms with E-state index in [9.17, 15) is 17.6 Å². The number of terminal acetylenes is 1. The lowest BCUT2D eigenvalue weighted by Crippen LogP contribution is -2.03. The summed E-state index contributed by atoms with van der Waals surface area (Å²) in [5, 5.41) is 0. The zero-order valence-corrected chi connectivity index (χ0v) is 6.30. The molecule has 0 heterocycles. The molecule has 4 heteroatoms. The van der Waals surface area contributed by atoms with Gasteiger partial charge >= 0.3 is 0 Å². The van der Waals surface area contributed by atoms with Gasteiger partial charge < -0.3 is 0 Å². The molecule has 0 amide bonds. The predicted octanol–water partition coefficient (Wildman–Crippen LogP) is 2.41. The van der Waals surface area contributed by atoms with E-state index in [0.717, 1.165) is 0 Å². The van der Waals surface area contributed by atoms with Crippen LogP contribution in [-0.4, -0.2) is 0 Å². The van der Waals surface area contributed by atoms with Crippen molar-refractivity contribution in [1.29, 1.82) is 0 Å². The van der Waals surface area contributed by atoms with Crippen molar-refractivity contribution in [3.63, 3.8) is 0 Å². The molecule has 0 spiro atoms. The zero-order valence-electron chi connectivity index (χ0n) is 6.30. The molecule has 1 aromatic rings. The highest BCUT2D eigenvalue weighted by Crippen LogP contribution is 2.22. The van der Waals surface area contributed by atoms with Crippen LogP contribution in [0.1, 0.15) is 11.1 Å².